The van der Waals surface area contributed by atoms with Crippen molar-refractivity contribution in [2.45, 2.75) is 13.5 Å². The fourth-order valence-corrected chi connectivity index (χ4v) is 1.52. The first-order chi connectivity index (χ1) is 8.58. The number of anilines is 1. The van der Waals surface area contributed by atoms with Crippen molar-refractivity contribution in [2.75, 3.05) is 5.32 Å². The summed E-state index contributed by atoms with van der Waals surface area (Å²) in [5, 5.41) is 2.97. The highest BCUT2D eigenvalue weighted by atomic mass is 19.1. The second-order valence-corrected chi connectivity index (χ2v) is 3.82. The molecule has 0 radical (unpaired) electrons. The van der Waals surface area contributed by atoms with Gasteiger partial charge in [0.25, 0.3) is 0 Å². The molecule has 0 spiro atoms. The lowest BCUT2D eigenvalue weighted by Crippen LogP contribution is -2.13. The predicted molar refractivity (Wildman–Crippen MR) is 63.5 cm³/mol. The lowest BCUT2D eigenvalue weighted by atomic mass is 10.1. The molecule has 0 saturated heterocycles. The van der Waals surface area contributed by atoms with E-state index in [0.717, 1.165) is 6.07 Å². The molecule has 94 valence electrons. The highest BCUT2D eigenvalue weighted by Gasteiger charge is 2.10. The number of halogens is 1. The molecule has 2 aromatic rings. The van der Waals surface area contributed by atoms with Gasteiger partial charge in [-0.3, -0.25) is 4.79 Å². The average Bonchev–Trinajstić information content (AvgIpc) is 2.83. The number of primary amides is 1. The summed E-state index contributed by atoms with van der Waals surface area (Å²) in [6.45, 7) is 1.96. The van der Waals surface area contributed by atoms with Crippen LogP contribution in [0.2, 0.25) is 0 Å². The van der Waals surface area contributed by atoms with E-state index in [1.165, 1.54) is 12.5 Å². The summed E-state index contributed by atoms with van der Waals surface area (Å²) in [6, 6.07) is 2.63. The van der Waals surface area contributed by atoms with Crippen LogP contribution in [0.1, 0.15) is 21.7 Å². The first kappa shape index (κ1) is 12.1. The van der Waals surface area contributed by atoms with Crippen LogP contribution in [0, 0.1) is 12.7 Å². The second-order valence-electron chi connectivity index (χ2n) is 3.82. The fourth-order valence-electron chi connectivity index (χ4n) is 1.52. The minimum absolute atomic E-state index is 0.123. The fraction of sp³-hybridized carbons (Fsp3) is 0.167. The summed E-state index contributed by atoms with van der Waals surface area (Å²) in [5.41, 5.74) is 6.17. The number of amides is 1. The molecule has 0 unspecified atom stereocenters. The largest absolute Gasteiger partial charge is 0.447 e. The number of carbonyl (C=O) groups is 1. The van der Waals surface area contributed by atoms with Crippen LogP contribution in [0.3, 0.4) is 0 Å². The molecule has 0 atom stereocenters. The van der Waals surface area contributed by atoms with Crippen molar-refractivity contribution in [3.05, 3.63) is 47.4 Å². The van der Waals surface area contributed by atoms with Crippen molar-refractivity contribution in [3.63, 3.8) is 0 Å². The van der Waals surface area contributed by atoms with Gasteiger partial charge in [0.2, 0.25) is 5.91 Å². The summed E-state index contributed by atoms with van der Waals surface area (Å²) in [4.78, 5) is 14.8. The van der Waals surface area contributed by atoms with E-state index in [0.29, 0.717) is 23.6 Å². The number of nitrogens with two attached hydrogens (primary N) is 1. The molecule has 0 saturated carbocycles. The Bertz CT molecular complexity index is 567. The Morgan fingerprint density at radius 2 is 2.33 bits per heavy atom. The third-order valence-electron chi connectivity index (χ3n) is 2.57. The van der Waals surface area contributed by atoms with E-state index in [1.54, 1.807) is 13.1 Å². The van der Waals surface area contributed by atoms with Crippen LogP contribution in [0.4, 0.5) is 10.1 Å². The van der Waals surface area contributed by atoms with Crippen molar-refractivity contribution < 1.29 is 13.6 Å². The van der Waals surface area contributed by atoms with Gasteiger partial charge in [0.1, 0.15) is 11.6 Å². The van der Waals surface area contributed by atoms with Gasteiger partial charge in [-0.05, 0) is 19.1 Å². The van der Waals surface area contributed by atoms with Gasteiger partial charge >= 0.3 is 0 Å². The Morgan fingerprint density at radius 1 is 1.56 bits per heavy atom. The number of carbonyl (C=O) groups excluding carboxylic acids is 1. The predicted octanol–water partition coefficient (Wildman–Crippen LogP) is 1.83. The van der Waals surface area contributed by atoms with Crippen LogP contribution in [0.5, 0.6) is 0 Å². The van der Waals surface area contributed by atoms with Gasteiger partial charge in [0.05, 0.1) is 12.7 Å². The van der Waals surface area contributed by atoms with E-state index in [4.69, 9.17) is 10.2 Å². The highest BCUT2D eigenvalue weighted by molar-refractivity contribution is 5.94. The quantitative estimate of drug-likeness (QED) is 0.866. The summed E-state index contributed by atoms with van der Waals surface area (Å²) >= 11 is 0. The molecule has 3 N–H and O–H groups in total. The van der Waals surface area contributed by atoms with Gasteiger partial charge in [-0.15, -0.1) is 0 Å². The molecule has 0 fully saturated rings. The zero-order valence-electron chi connectivity index (χ0n) is 9.74. The van der Waals surface area contributed by atoms with Gasteiger partial charge in [-0.2, -0.15) is 0 Å². The Morgan fingerprint density at radius 3 is 2.94 bits per heavy atom. The Balaban J connectivity index is 2.23. The van der Waals surface area contributed by atoms with Crippen molar-refractivity contribution in [3.8, 4) is 0 Å². The number of aromatic nitrogens is 1. The standard InChI is InChI=1S/C12H12FN3O2/c1-7-10(13)2-8(12(14)17)3-11(7)16-5-9-4-15-6-18-9/h2-4,6,16H,5H2,1H3,(H2,14,17). The van der Waals surface area contributed by atoms with Crippen molar-refractivity contribution in [1.29, 1.82) is 0 Å². The normalized spacial score (nSPS) is 10.3. The third-order valence-corrected chi connectivity index (χ3v) is 2.57. The van der Waals surface area contributed by atoms with Crippen molar-refractivity contribution in [1.82, 2.24) is 4.98 Å². The smallest absolute Gasteiger partial charge is 0.248 e. The maximum atomic E-state index is 13.6. The van der Waals surface area contributed by atoms with E-state index >= 15 is 0 Å². The van der Waals surface area contributed by atoms with Crippen molar-refractivity contribution in [2.24, 2.45) is 5.73 Å². The summed E-state index contributed by atoms with van der Waals surface area (Å²) in [6.07, 6.45) is 2.86. The van der Waals surface area contributed by atoms with E-state index < -0.39 is 11.7 Å². The summed E-state index contributed by atoms with van der Waals surface area (Å²) < 4.78 is 18.6. The molecule has 0 aliphatic rings. The van der Waals surface area contributed by atoms with Crippen LogP contribution in [-0.4, -0.2) is 10.9 Å². The highest BCUT2D eigenvalue weighted by Crippen LogP contribution is 2.21. The number of hydrogen-bond acceptors (Lipinski definition) is 4. The molecule has 6 heteroatoms. The second kappa shape index (κ2) is 4.87. The molecule has 18 heavy (non-hydrogen) atoms. The molecule has 0 aliphatic carbocycles. The zero-order valence-corrected chi connectivity index (χ0v) is 9.74. The van der Waals surface area contributed by atoms with Gasteiger partial charge in [-0.1, -0.05) is 0 Å². The molecule has 0 aliphatic heterocycles. The van der Waals surface area contributed by atoms with Crippen LogP contribution in [0.15, 0.2) is 29.1 Å². The maximum absolute atomic E-state index is 13.6. The monoisotopic (exact) mass is 249 g/mol. The van der Waals surface area contributed by atoms with E-state index in [1.807, 2.05) is 0 Å². The SMILES string of the molecule is Cc1c(F)cc(C(N)=O)cc1NCc1cnco1. The molecule has 0 bridgehead atoms. The Labute approximate surface area is 103 Å². The van der Waals surface area contributed by atoms with E-state index in [-0.39, 0.29) is 5.56 Å². The maximum Gasteiger partial charge on any atom is 0.248 e. The molecule has 2 rings (SSSR count). The molecule has 5 nitrogen and oxygen atoms in total. The Kier molecular flexibility index (Phi) is 3.27. The average molecular weight is 249 g/mol. The molecule has 1 aromatic heterocycles. The minimum Gasteiger partial charge on any atom is -0.447 e. The van der Waals surface area contributed by atoms with E-state index in [9.17, 15) is 9.18 Å². The lowest BCUT2D eigenvalue weighted by molar-refractivity contribution is 0.1000. The molecule has 1 heterocycles. The van der Waals surface area contributed by atoms with Gasteiger partial charge in [0.15, 0.2) is 6.39 Å². The zero-order chi connectivity index (χ0) is 13.1. The van der Waals surface area contributed by atoms with Crippen molar-refractivity contribution >= 4 is 11.6 Å². The van der Waals surface area contributed by atoms with Crippen LogP contribution < -0.4 is 11.1 Å². The van der Waals surface area contributed by atoms with Crippen LogP contribution in [-0.2, 0) is 6.54 Å². The molecular weight excluding hydrogens is 237 g/mol. The summed E-state index contributed by atoms with van der Waals surface area (Å²) in [7, 11) is 0. The number of benzene rings is 1. The first-order valence-electron chi connectivity index (χ1n) is 5.29. The van der Waals surface area contributed by atoms with E-state index in [2.05, 4.69) is 10.3 Å². The molecule has 1 aromatic carbocycles. The lowest BCUT2D eigenvalue weighted by Gasteiger charge is -2.10. The number of hydrogen-bond donors (Lipinski definition) is 2. The third kappa shape index (κ3) is 2.48. The van der Waals surface area contributed by atoms with Crippen LogP contribution in [0.25, 0.3) is 0 Å². The van der Waals surface area contributed by atoms with Gasteiger partial charge < -0.3 is 15.5 Å². The number of nitrogens with one attached hydrogen (secondary N) is 1. The number of rotatable bonds is 4. The van der Waals surface area contributed by atoms with Crippen LogP contribution >= 0.6 is 0 Å². The topological polar surface area (TPSA) is 81.2 Å². The molecule has 1 amide bonds. The minimum atomic E-state index is -0.670. The first-order valence-corrected chi connectivity index (χ1v) is 5.29. The Hall–Kier alpha value is -2.37. The number of oxazole rings is 1. The number of nitrogens with zero attached hydrogens (tertiary/aromatic N) is 1. The van der Waals surface area contributed by atoms with Gasteiger partial charge in [-0.25, -0.2) is 9.37 Å². The molecular formula is C12H12FN3O2. The summed E-state index contributed by atoms with van der Waals surface area (Å²) in [5.74, 6) is -0.540. The van der Waals surface area contributed by atoms with Gasteiger partial charge in [0, 0.05) is 16.8 Å².